The Kier molecular flexibility index (Phi) is 27.1. The molecule has 0 amide bonds. The summed E-state index contributed by atoms with van der Waals surface area (Å²) >= 11 is 0. The zero-order chi connectivity index (χ0) is 16.0. The molecule has 0 aromatic rings. The van der Waals surface area contributed by atoms with Crippen LogP contribution in [-0.2, 0) is 18.9 Å². The molecule has 0 spiro atoms. The highest BCUT2D eigenvalue weighted by Crippen LogP contribution is 1.87. The minimum Gasteiger partial charge on any atom is -0.394 e. The minimum atomic E-state index is 0.0278. The van der Waals surface area contributed by atoms with Gasteiger partial charge < -0.3 is 34.3 Å². The van der Waals surface area contributed by atoms with Crippen LogP contribution in [0.3, 0.4) is 0 Å². The second kappa shape index (κ2) is 24.7. The van der Waals surface area contributed by atoms with E-state index in [9.17, 15) is 0 Å². The van der Waals surface area contributed by atoms with Gasteiger partial charge in [0.05, 0.1) is 66.1 Å². The van der Waals surface area contributed by atoms with Gasteiger partial charge in [-0.2, -0.15) is 0 Å². The van der Waals surface area contributed by atoms with Gasteiger partial charge in [-0.25, -0.2) is 0 Å². The summed E-state index contributed by atoms with van der Waals surface area (Å²) < 4.78 is 20.2. The van der Waals surface area contributed by atoms with E-state index in [-0.39, 0.29) is 19.8 Å². The Bertz CT molecular complexity index is 142. The predicted molar refractivity (Wildman–Crippen MR) is 79.4 cm³/mol. The molecule has 3 N–H and O–H groups in total. The largest absolute Gasteiger partial charge is 0.394 e. The van der Waals surface area contributed by atoms with Crippen molar-refractivity contribution in [2.24, 2.45) is 0 Å². The van der Waals surface area contributed by atoms with E-state index in [0.717, 1.165) is 19.4 Å². The van der Waals surface area contributed by atoms with Gasteiger partial charge in [-0.1, -0.05) is 13.3 Å². The van der Waals surface area contributed by atoms with Crippen LogP contribution in [0, 0.1) is 0 Å². The lowest BCUT2D eigenvalue weighted by Gasteiger charge is -2.05. The van der Waals surface area contributed by atoms with Crippen molar-refractivity contribution < 1.29 is 34.3 Å². The number of unbranched alkanes of at least 4 members (excludes halogenated alkanes) is 1. The van der Waals surface area contributed by atoms with E-state index in [4.69, 9.17) is 29.5 Å². The van der Waals surface area contributed by atoms with Crippen LogP contribution in [0.25, 0.3) is 0 Å². The van der Waals surface area contributed by atoms with Gasteiger partial charge in [-0.05, 0) is 6.42 Å². The molecule has 0 aromatic carbocycles. The van der Waals surface area contributed by atoms with Gasteiger partial charge in [0.2, 0.25) is 0 Å². The summed E-state index contributed by atoms with van der Waals surface area (Å²) in [6, 6.07) is 0. The summed E-state index contributed by atoms with van der Waals surface area (Å²) in [4.78, 5) is 0. The fourth-order valence-corrected chi connectivity index (χ4v) is 1.08. The Morgan fingerprint density at radius 3 is 1.24 bits per heavy atom. The standard InChI is InChI=1S/C10H22O4.C4H10O3/c1-2-3-5-12-7-9-14-10-8-13-6-4-11;5-1-3-7-4-2-6/h11H,2-10H2,1H3;5-6H,1-4H2. The van der Waals surface area contributed by atoms with Crippen LogP contribution in [0.4, 0.5) is 0 Å². The smallest absolute Gasteiger partial charge is 0.0701 e. The molecule has 0 radical (unpaired) electrons. The number of ether oxygens (including phenoxy) is 4. The fraction of sp³-hybridized carbons (Fsp3) is 1.00. The molecule has 130 valence electrons. The van der Waals surface area contributed by atoms with E-state index in [0.29, 0.717) is 46.2 Å². The Morgan fingerprint density at radius 2 is 0.857 bits per heavy atom. The molecule has 0 fully saturated rings. The molecule has 0 aromatic heterocycles. The molecule has 0 aliphatic heterocycles. The number of rotatable bonds is 15. The lowest BCUT2D eigenvalue weighted by molar-refractivity contribution is 0.00735. The van der Waals surface area contributed by atoms with Crippen LogP contribution in [-0.4, -0.2) is 88.0 Å². The van der Waals surface area contributed by atoms with E-state index in [1.54, 1.807) is 0 Å². The lowest BCUT2D eigenvalue weighted by Crippen LogP contribution is -2.11. The maximum absolute atomic E-state index is 8.40. The average molecular weight is 312 g/mol. The Labute approximate surface area is 127 Å². The molecular weight excluding hydrogens is 280 g/mol. The molecule has 0 saturated carbocycles. The predicted octanol–water partition coefficient (Wildman–Crippen LogP) is -0.184. The first-order chi connectivity index (χ1) is 10.3. The Hall–Kier alpha value is -0.280. The van der Waals surface area contributed by atoms with Crippen LogP contribution in [0.2, 0.25) is 0 Å². The van der Waals surface area contributed by atoms with Crippen molar-refractivity contribution in [3.63, 3.8) is 0 Å². The number of aliphatic hydroxyl groups excluding tert-OH is 3. The van der Waals surface area contributed by atoms with Crippen LogP contribution < -0.4 is 0 Å². The molecule has 7 heteroatoms. The summed E-state index contributed by atoms with van der Waals surface area (Å²) in [6.07, 6.45) is 2.27. The van der Waals surface area contributed by atoms with Gasteiger partial charge in [-0.15, -0.1) is 0 Å². The monoisotopic (exact) mass is 312 g/mol. The van der Waals surface area contributed by atoms with Crippen LogP contribution >= 0.6 is 0 Å². The summed E-state index contributed by atoms with van der Waals surface area (Å²) in [5.74, 6) is 0. The molecule has 7 nitrogen and oxygen atoms in total. The lowest BCUT2D eigenvalue weighted by atomic mass is 10.4. The van der Waals surface area contributed by atoms with Gasteiger partial charge >= 0.3 is 0 Å². The molecule has 0 saturated heterocycles. The average Bonchev–Trinajstić information content (AvgIpc) is 2.50. The van der Waals surface area contributed by atoms with Crippen molar-refractivity contribution in [2.45, 2.75) is 19.8 Å². The second-order valence-electron chi connectivity index (χ2n) is 3.97. The normalized spacial score (nSPS) is 10.3. The maximum atomic E-state index is 8.40. The third kappa shape index (κ3) is 28.6. The number of hydrogen-bond donors (Lipinski definition) is 3. The molecule has 0 unspecified atom stereocenters. The molecule has 0 aliphatic carbocycles. The third-order valence-corrected chi connectivity index (χ3v) is 2.09. The molecule has 21 heavy (non-hydrogen) atoms. The maximum Gasteiger partial charge on any atom is 0.0701 e. The summed E-state index contributed by atoms with van der Waals surface area (Å²) in [5, 5.41) is 24.6. The van der Waals surface area contributed by atoms with Crippen molar-refractivity contribution in [1.29, 1.82) is 0 Å². The molecule has 0 rings (SSSR count). The topological polar surface area (TPSA) is 97.6 Å². The zero-order valence-electron chi connectivity index (χ0n) is 13.2. The van der Waals surface area contributed by atoms with Gasteiger partial charge in [0.15, 0.2) is 0 Å². The van der Waals surface area contributed by atoms with Crippen LogP contribution in [0.15, 0.2) is 0 Å². The van der Waals surface area contributed by atoms with Crippen LogP contribution in [0.5, 0.6) is 0 Å². The Balaban J connectivity index is 0. The highest BCUT2D eigenvalue weighted by Gasteiger charge is 1.90. The highest BCUT2D eigenvalue weighted by atomic mass is 16.5. The third-order valence-electron chi connectivity index (χ3n) is 2.09. The Morgan fingerprint density at radius 1 is 0.524 bits per heavy atom. The van der Waals surface area contributed by atoms with Gasteiger partial charge in [0.25, 0.3) is 0 Å². The number of hydrogen-bond acceptors (Lipinski definition) is 7. The van der Waals surface area contributed by atoms with E-state index in [1.807, 2.05) is 0 Å². The SMILES string of the molecule is CCCCOCCOCCOCCO.OCCOCCO. The van der Waals surface area contributed by atoms with E-state index >= 15 is 0 Å². The van der Waals surface area contributed by atoms with Gasteiger partial charge in [-0.3, -0.25) is 0 Å². The summed E-state index contributed by atoms with van der Waals surface area (Å²) in [5.41, 5.74) is 0. The first-order valence-corrected chi connectivity index (χ1v) is 7.47. The molecule has 0 bridgehead atoms. The summed E-state index contributed by atoms with van der Waals surface area (Å²) in [6.45, 7) is 6.48. The second-order valence-corrected chi connectivity index (χ2v) is 3.97. The van der Waals surface area contributed by atoms with Crippen molar-refractivity contribution in [2.75, 3.05) is 72.7 Å². The molecular formula is C14H32O7. The van der Waals surface area contributed by atoms with Crippen molar-refractivity contribution in [3.8, 4) is 0 Å². The fourth-order valence-electron chi connectivity index (χ4n) is 1.08. The molecule has 0 heterocycles. The molecule has 0 atom stereocenters. The van der Waals surface area contributed by atoms with Crippen molar-refractivity contribution in [1.82, 2.24) is 0 Å². The van der Waals surface area contributed by atoms with Gasteiger partial charge in [0.1, 0.15) is 0 Å². The van der Waals surface area contributed by atoms with Crippen molar-refractivity contribution in [3.05, 3.63) is 0 Å². The first-order valence-electron chi connectivity index (χ1n) is 7.47. The quantitative estimate of drug-likeness (QED) is 0.361. The van der Waals surface area contributed by atoms with Crippen LogP contribution in [0.1, 0.15) is 19.8 Å². The zero-order valence-corrected chi connectivity index (χ0v) is 13.2. The number of aliphatic hydroxyl groups is 3. The summed E-state index contributed by atoms with van der Waals surface area (Å²) in [7, 11) is 0. The minimum absolute atomic E-state index is 0.0278. The van der Waals surface area contributed by atoms with E-state index in [2.05, 4.69) is 11.7 Å². The molecule has 0 aliphatic rings. The highest BCUT2D eigenvalue weighted by molar-refractivity contribution is 4.35. The first kappa shape index (κ1) is 23.0. The van der Waals surface area contributed by atoms with E-state index in [1.165, 1.54) is 0 Å². The van der Waals surface area contributed by atoms with E-state index < -0.39 is 0 Å². The van der Waals surface area contributed by atoms with Gasteiger partial charge in [0, 0.05) is 6.61 Å². The van der Waals surface area contributed by atoms with Crippen molar-refractivity contribution >= 4 is 0 Å².